The van der Waals surface area contributed by atoms with Crippen LogP contribution in [0.2, 0.25) is 0 Å². The van der Waals surface area contributed by atoms with Crippen molar-refractivity contribution in [2.75, 3.05) is 46.4 Å². The van der Waals surface area contributed by atoms with E-state index in [9.17, 15) is 18.0 Å². The quantitative estimate of drug-likeness (QED) is 0.205. The molecule has 0 aromatic carbocycles. The van der Waals surface area contributed by atoms with Crippen LogP contribution >= 0.6 is 0 Å². The molecule has 3 saturated heterocycles. The van der Waals surface area contributed by atoms with Crippen molar-refractivity contribution in [1.29, 1.82) is 0 Å². The van der Waals surface area contributed by atoms with E-state index in [1.165, 1.54) is 6.08 Å². The summed E-state index contributed by atoms with van der Waals surface area (Å²) in [6, 6.07) is 0. The van der Waals surface area contributed by atoms with E-state index in [1.54, 1.807) is 0 Å². The molecule has 132 valence electrons. The summed E-state index contributed by atoms with van der Waals surface area (Å²) in [4.78, 5) is 34.0. The number of nitrogens with zero attached hydrogens (tertiary/aromatic N) is 3. The maximum absolute atomic E-state index is 12.4. The maximum atomic E-state index is 12.4. The van der Waals surface area contributed by atoms with E-state index in [-0.39, 0.29) is 11.6 Å². The Labute approximate surface area is 138 Å². The number of allylic oxidation sites excluding steroid dienone is 1. The first-order chi connectivity index (χ1) is 11.3. The molecule has 3 heterocycles. The van der Waals surface area contributed by atoms with Crippen LogP contribution in [0, 0.1) is 0 Å². The molecule has 4 aliphatic rings. The molecule has 0 radical (unpaired) electrons. The second-order valence-corrected chi connectivity index (χ2v) is 6.54. The van der Waals surface area contributed by atoms with Gasteiger partial charge in [0.2, 0.25) is 11.6 Å². The molecular formula is C13H17N3O7S. The molecule has 3 aliphatic heterocycles. The first-order valence-corrected chi connectivity index (χ1v) is 8.68. The van der Waals surface area contributed by atoms with Crippen molar-refractivity contribution < 1.29 is 31.8 Å². The Balaban J connectivity index is 0.000000209. The molecule has 0 aromatic rings. The number of hydrogen-bond acceptors (Lipinski definition) is 9. The summed E-state index contributed by atoms with van der Waals surface area (Å²) in [5.74, 6) is 0.0485. The number of carbonyl (C=O) groups excluding carboxylic acids is 2. The first-order valence-electron chi connectivity index (χ1n) is 7.31. The molecule has 0 unspecified atom stereocenters. The van der Waals surface area contributed by atoms with Gasteiger partial charge in [0.15, 0.2) is 0 Å². The highest BCUT2D eigenvalue weighted by atomic mass is 32.3. The fourth-order valence-corrected chi connectivity index (χ4v) is 2.53. The number of carbonyl (C=O) groups is 2. The van der Waals surface area contributed by atoms with Crippen LogP contribution in [-0.4, -0.2) is 85.6 Å². The molecule has 0 saturated carbocycles. The molecule has 1 N–H and O–H groups in total. The molecule has 0 atom stereocenters. The van der Waals surface area contributed by atoms with E-state index in [0.717, 1.165) is 46.4 Å². The molecule has 3 fully saturated rings. The first kappa shape index (κ1) is 16.9. The highest BCUT2D eigenvalue weighted by Gasteiger charge is 2.43. The Bertz CT molecular complexity index is 731. The smallest absolute Gasteiger partial charge is 0.365 e. The van der Waals surface area contributed by atoms with Crippen molar-refractivity contribution in [2.24, 2.45) is 0 Å². The molecule has 24 heavy (non-hydrogen) atoms. The zero-order valence-corrected chi connectivity index (χ0v) is 13.8. The Morgan fingerprint density at radius 3 is 1.83 bits per heavy atom. The third-order valence-electron chi connectivity index (χ3n) is 3.64. The molecule has 4 rings (SSSR count). The van der Waals surface area contributed by atoms with Gasteiger partial charge in [-0.25, -0.2) is 4.89 Å². The molecule has 0 bridgehead atoms. The lowest BCUT2D eigenvalue weighted by Gasteiger charge is -2.21. The van der Waals surface area contributed by atoms with Gasteiger partial charge in [0.05, 0.1) is 12.8 Å². The minimum absolute atomic E-state index is 0.00546. The summed E-state index contributed by atoms with van der Waals surface area (Å²) >= 11 is 0. The van der Waals surface area contributed by atoms with E-state index < -0.39 is 10.4 Å². The van der Waals surface area contributed by atoms with Gasteiger partial charge in [0.1, 0.15) is 11.4 Å². The number of ketones is 2. The van der Waals surface area contributed by atoms with Crippen molar-refractivity contribution in [1.82, 2.24) is 14.7 Å². The highest BCUT2D eigenvalue weighted by Crippen LogP contribution is 2.33. The highest BCUT2D eigenvalue weighted by molar-refractivity contribution is 7.80. The molecule has 0 aromatic heterocycles. The summed E-state index contributed by atoms with van der Waals surface area (Å²) in [6.45, 7) is 5.41. The SMILES string of the molecule is COOS(=O)(=O)O.O=C1C=C(N2CC2)C(=O)C(N2CC2)=C1N1CC1. The van der Waals surface area contributed by atoms with E-state index in [2.05, 4.69) is 9.22 Å². The van der Waals surface area contributed by atoms with E-state index >= 15 is 0 Å². The van der Waals surface area contributed by atoms with Crippen LogP contribution in [0.4, 0.5) is 0 Å². The lowest BCUT2D eigenvalue weighted by molar-refractivity contribution is -0.179. The summed E-state index contributed by atoms with van der Waals surface area (Å²) in [6.07, 6.45) is 1.52. The van der Waals surface area contributed by atoms with Gasteiger partial charge in [-0.1, -0.05) is 4.33 Å². The van der Waals surface area contributed by atoms with Gasteiger partial charge in [-0.3, -0.25) is 14.1 Å². The second-order valence-electron chi connectivity index (χ2n) is 5.54. The lowest BCUT2D eigenvalue weighted by atomic mass is 10.0. The average molecular weight is 359 g/mol. The van der Waals surface area contributed by atoms with Gasteiger partial charge in [-0.2, -0.15) is 8.42 Å². The van der Waals surface area contributed by atoms with Gasteiger partial charge >= 0.3 is 10.4 Å². The number of Topliss-reactive ketones (excluding diaryl/α,β-unsaturated/α-hetero) is 1. The molecule has 10 nitrogen and oxygen atoms in total. The largest absolute Gasteiger partial charge is 0.424 e. The van der Waals surface area contributed by atoms with Gasteiger partial charge in [-0.05, 0) is 0 Å². The third-order valence-corrected chi connectivity index (χ3v) is 3.95. The Hall–Kier alpha value is -1.95. The van der Waals surface area contributed by atoms with Crippen molar-refractivity contribution in [3.8, 4) is 0 Å². The predicted octanol–water partition coefficient (Wildman–Crippen LogP) is -1.45. The van der Waals surface area contributed by atoms with Crippen molar-refractivity contribution >= 4 is 22.0 Å². The zero-order chi connectivity index (χ0) is 17.5. The van der Waals surface area contributed by atoms with E-state index in [1.807, 2.05) is 14.7 Å². The molecule has 0 amide bonds. The van der Waals surface area contributed by atoms with Crippen molar-refractivity contribution in [3.63, 3.8) is 0 Å². The molecule has 0 spiro atoms. The van der Waals surface area contributed by atoms with Crippen molar-refractivity contribution in [3.05, 3.63) is 23.2 Å². The summed E-state index contributed by atoms with van der Waals surface area (Å²) in [7, 11) is -3.43. The summed E-state index contributed by atoms with van der Waals surface area (Å²) in [5, 5.41) is 0. The molecular weight excluding hydrogens is 342 g/mol. The van der Waals surface area contributed by atoms with Crippen LogP contribution in [0.15, 0.2) is 23.2 Å². The average Bonchev–Trinajstić information content (AvgIpc) is 3.36. The van der Waals surface area contributed by atoms with Crippen LogP contribution in [-0.2, 0) is 29.2 Å². The normalized spacial score (nSPS) is 22.2. The monoisotopic (exact) mass is 359 g/mol. The van der Waals surface area contributed by atoms with Gasteiger partial charge in [0.25, 0.3) is 0 Å². The van der Waals surface area contributed by atoms with Gasteiger partial charge < -0.3 is 14.7 Å². The van der Waals surface area contributed by atoms with Crippen molar-refractivity contribution in [2.45, 2.75) is 0 Å². The third kappa shape index (κ3) is 3.93. The lowest BCUT2D eigenvalue weighted by Crippen LogP contribution is -2.29. The minimum atomic E-state index is -4.40. The Morgan fingerprint density at radius 2 is 1.46 bits per heavy atom. The van der Waals surface area contributed by atoms with Gasteiger partial charge in [-0.15, -0.1) is 0 Å². The van der Waals surface area contributed by atoms with Crippen LogP contribution in [0.25, 0.3) is 0 Å². The standard InChI is InChI=1S/C12H13N3O2.CH4O5S/c16-9-7-8(13-1-2-13)12(17)11(15-5-6-15)10(9)14-3-4-14;1-5-6-7(2,3)4/h7H,1-6H2;1H3,(H,2,3,4). The Kier molecular flexibility index (Phi) is 4.34. The number of hydrogen-bond donors (Lipinski definition) is 1. The molecule has 11 heteroatoms. The predicted molar refractivity (Wildman–Crippen MR) is 79.5 cm³/mol. The van der Waals surface area contributed by atoms with E-state index in [4.69, 9.17) is 4.55 Å². The maximum Gasteiger partial charge on any atom is 0.424 e. The summed E-state index contributed by atoms with van der Waals surface area (Å²) < 4.78 is 29.8. The van der Waals surface area contributed by atoms with Crippen LogP contribution in [0.3, 0.4) is 0 Å². The van der Waals surface area contributed by atoms with E-state index in [0.29, 0.717) is 17.1 Å². The zero-order valence-electron chi connectivity index (χ0n) is 13.0. The second kappa shape index (κ2) is 6.16. The topological polar surface area (TPSA) is 116 Å². The Morgan fingerprint density at radius 1 is 0.958 bits per heavy atom. The molecule has 1 aliphatic carbocycles. The fraction of sp³-hybridized carbons (Fsp3) is 0.538. The van der Waals surface area contributed by atoms with Crippen LogP contribution in [0.1, 0.15) is 0 Å². The van der Waals surface area contributed by atoms with Crippen LogP contribution in [0.5, 0.6) is 0 Å². The van der Waals surface area contributed by atoms with Gasteiger partial charge in [0, 0.05) is 45.3 Å². The summed E-state index contributed by atoms with van der Waals surface area (Å²) in [5.41, 5.74) is 1.89. The fourth-order valence-electron chi connectivity index (χ4n) is 2.36. The minimum Gasteiger partial charge on any atom is -0.365 e. The van der Waals surface area contributed by atoms with Crippen LogP contribution < -0.4 is 0 Å². The number of rotatable bonds is 5.